The van der Waals surface area contributed by atoms with E-state index in [1.165, 1.54) is 34.6 Å². The Hall–Kier alpha value is -2.19. The molecule has 1 heterocycles. The van der Waals surface area contributed by atoms with Crippen molar-refractivity contribution in [3.63, 3.8) is 0 Å². The highest BCUT2D eigenvalue weighted by Gasteiger charge is 2.26. The van der Waals surface area contributed by atoms with Crippen molar-refractivity contribution in [1.82, 2.24) is 4.58 Å². The molecule has 0 amide bonds. The van der Waals surface area contributed by atoms with E-state index in [1.54, 1.807) is 0 Å². The lowest BCUT2D eigenvalue weighted by atomic mass is 10.0. The summed E-state index contributed by atoms with van der Waals surface area (Å²) in [7, 11) is 0. The molecule has 0 atom stereocenters. The van der Waals surface area contributed by atoms with Crippen molar-refractivity contribution in [2.45, 2.75) is 25.7 Å². The molecule has 0 spiro atoms. The van der Waals surface area contributed by atoms with Gasteiger partial charge >= 0.3 is 0 Å². The summed E-state index contributed by atoms with van der Waals surface area (Å²) in [6.07, 6.45) is 4.50. The molecule has 0 bridgehead atoms. The Labute approximate surface area is 160 Å². The smallest absolute Gasteiger partial charge is 0.214 e. The van der Waals surface area contributed by atoms with Gasteiger partial charge in [0.15, 0.2) is 5.71 Å². The Bertz CT molecular complexity index is 854. The van der Waals surface area contributed by atoms with Crippen LogP contribution in [0.2, 0.25) is 0 Å². The molecule has 0 aromatic heterocycles. The number of aryl methyl sites for hydroxylation is 1. The van der Waals surface area contributed by atoms with Gasteiger partial charge in [0.25, 0.3) is 0 Å². The molecule has 0 unspecified atom stereocenters. The fourth-order valence-electron chi connectivity index (χ4n) is 3.60. The molecule has 0 aliphatic carbocycles. The Morgan fingerprint density at radius 2 is 1.32 bits per heavy atom. The number of fused-ring (bicyclic) bond motifs is 1. The average molecular weight is 392 g/mol. The molecule has 0 N–H and O–H groups in total. The van der Waals surface area contributed by atoms with Gasteiger partial charge in [-0.3, -0.25) is 0 Å². The van der Waals surface area contributed by atoms with Gasteiger partial charge in [0.2, 0.25) is 11.4 Å². The van der Waals surface area contributed by atoms with E-state index in [2.05, 4.69) is 89.5 Å². The predicted molar refractivity (Wildman–Crippen MR) is 102 cm³/mol. The normalized spacial score (nSPS) is 13.6. The van der Waals surface area contributed by atoms with Crippen LogP contribution in [0.4, 0.5) is 11.4 Å². The van der Waals surface area contributed by atoms with E-state index in [0.717, 1.165) is 19.3 Å². The standard InChI is InChI=1S/C23H22N.BrH/c1-3-10-19(11-4-1)18-22-16-9-13-20-12-7-8-17-23(20)24(22)21-14-5-2-6-15-21;/h1-8,10-12,14-15,17H,9,13,16,18H2;1H/q+1;/p-1. The SMILES string of the molecule is [Br-].c1ccc(CC2=[N+](c3ccccc3)c3ccccc3CCC2)cc1. The average Bonchev–Trinajstić information content (AvgIpc) is 2.82. The molecule has 0 saturated heterocycles. The summed E-state index contributed by atoms with van der Waals surface area (Å²) in [5, 5.41) is 0. The second-order valence-corrected chi connectivity index (χ2v) is 6.38. The highest BCUT2D eigenvalue weighted by Crippen LogP contribution is 2.29. The van der Waals surface area contributed by atoms with Crippen molar-refractivity contribution in [2.75, 3.05) is 0 Å². The molecule has 126 valence electrons. The summed E-state index contributed by atoms with van der Waals surface area (Å²) in [5.41, 5.74) is 6.92. The minimum absolute atomic E-state index is 0. The van der Waals surface area contributed by atoms with Gasteiger partial charge in [-0.2, -0.15) is 4.58 Å². The lowest BCUT2D eigenvalue weighted by molar-refractivity contribution is -0.00000483. The first-order chi connectivity index (χ1) is 11.9. The van der Waals surface area contributed by atoms with Crippen molar-refractivity contribution in [3.05, 3.63) is 96.1 Å². The summed E-state index contributed by atoms with van der Waals surface area (Å²) < 4.78 is 2.48. The third-order valence-corrected chi connectivity index (χ3v) is 4.73. The second-order valence-electron chi connectivity index (χ2n) is 6.38. The number of halogens is 1. The van der Waals surface area contributed by atoms with Gasteiger partial charge in [-0.15, -0.1) is 0 Å². The van der Waals surface area contributed by atoms with E-state index in [1.807, 2.05) is 0 Å². The summed E-state index contributed by atoms with van der Waals surface area (Å²) >= 11 is 0. The number of benzene rings is 3. The Morgan fingerprint density at radius 3 is 2.08 bits per heavy atom. The van der Waals surface area contributed by atoms with Crippen LogP contribution in [0.5, 0.6) is 0 Å². The van der Waals surface area contributed by atoms with Gasteiger partial charge in [0.1, 0.15) is 0 Å². The van der Waals surface area contributed by atoms with Crippen molar-refractivity contribution >= 4 is 17.1 Å². The van der Waals surface area contributed by atoms with E-state index in [0.29, 0.717) is 0 Å². The fraction of sp³-hybridized carbons (Fsp3) is 0.174. The molecular weight excluding hydrogens is 370 g/mol. The number of rotatable bonds is 3. The highest BCUT2D eigenvalue weighted by molar-refractivity contribution is 5.93. The summed E-state index contributed by atoms with van der Waals surface area (Å²) in [5.74, 6) is 0. The van der Waals surface area contributed by atoms with E-state index < -0.39 is 0 Å². The minimum Gasteiger partial charge on any atom is -1.00 e. The molecule has 2 heteroatoms. The van der Waals surface area contributed by atoms with Crippen LogP contribution < -0.4 is 21.6 Å². The maximum Gasteiger partial charge on any atom is 0.214 e. The maximum absolute atomic E-state index is 2.48. The van der Waals surface area contributed by atoms with Crippen LogP contribution in [0, 0.1) is 0 Å². The first kappa shape index (κ1) is 17.6. The predicted octanol–water partition coefficient (Wildman–Crippen LogP) is 2.55. The number of nitrogens with zero attached hydrogens (tertiary/aromatic N) is 1. The van der Waals surface area contributed by atoms with E-state index in [4.69, 9.17) is 0 Å². The Kier molecular flexibility index (Phi) is 5.83. The van der Waals surface area contributed by atoms with Crippen molar-refractivity contribution in [1.29, 1.82) is 0 Å². The lowest BCUT2D eigenvalue weighted by Crippen LogP contribution is -3.00. The lowest BCUT2D eigenvalue weighted by Gasteiger charge is -2.09. The van der Waals surface area contributed by atoms with Crippen LogP contribution in [0.1, 0.15) is 24.0 Å². The summed E-state index contributed by atoms with van der Waals surface area (Å²) in [4.78, 5) is 0. The van der Waals surface area contributed by atoms with Crippen molar-refractivity contribution in [3.8, 4) is 0 Å². The maximum atomic E-state index is 2.48. The molecule has 1 aliphatic rings. The van der Waals surface area contributed by atoms with Crippen LogP contribution in [-0.2, 0) is 12.8 Å². The molecule has 0 fully saturated rings. The van der Waals surface area contributed by atoms with Gasteiger partial charge in [-0.1, -0.05) is 66.7 Å². The first-order valence-corrected chi connectivity index (χ1v) is 8.73. The van der Waals surface area contributed by atoms with Gasteiger partial charge in [-0.05, 0) is 18.4 Å². The summed E-state index contributed by atoms with van der Waals surface area (Å²) in [6.45, 7) is 0. The zero-order chi connectivity index (χ0) is 16.2. The van der Waals surface area contributed by atoms with E-state index in [9.17, 15) is 0 Å². The summed E-state index contributed by atoms with van der Waals surface area (Å²) in [6, 6.07) is 30.4. The van der Waals surface area contributed by atoms with Gasteiger partial charge in [0.05, 0.1) is 6.42 Å². The van der Waals surface area contributed by atoms with E-state index >= 15 is 0 Å². The van der Waals surface area contributed by atoms with Crippen LogP contribution >= 0.6 is 0 Å². The molecule has 0 saturated carbocycles. The zero-order valence-corrected chi connectivity index (χ0v) is 15.8. The first-order valence-electron chi connectivity index (χ1n) is 8.73. The molecule has 3 aromatic rings. The minimum atomic E-state index is 0. The molecule has 4 rings (SSSR count). The van der Waals surface area contributed by atoms with Crippen molar-refractivity contribution in [2.24, 2.45) is 0 Å². The molecule has 1 nitrogen and oxygen atoms in total. The molecule has 1 aliphatic heterocycles. The Balaban J connectivity index is 0.00000182. The molecule has 0 radical (unpaired) electrons. The van der Waals surface area contributed by atoms with Gasteiger partial charge < -0.3 is 17.0 Å². The largest absolute Gasteiger partial charge is 1.00 e. The Morgan fingerprint density at radius 1 is 0.680 bits per heavy atom. The number of para-hydroxylation sites is 2. The zero-order valence-electron chi connectivity index (χ0n) is 14.2. The second kappa shape index (κ2) is 8.26. The van der Waals surface area contributed by atoms with Crippen LogP contribution in [-0.4, -0.2) is 5.71 Å². The molecular formula is C23H22BrN. The van der Waals surface area contributed by atoms with E-state index in [-0.39, 0.29) is 17.0 Å². The quantitative estimate of drug-likeness (QED) is 0.603. The van der Waals surface area contributed by atoms with Gasteiger partial charge in [-0.25, -0.2) is 0 Å². The van der Waals surface area contributed by atoms with Crippen LogP contribution in [0.15, 0.2) is 84.9 Å². The number of hydrogen-bond donors (Lipinski definition) is 0. The number of hydrogen-bond acceptors (Lipinski definition) is 0. The highest BCUT2D eigenvalue weighted by atomic mass is 79.9. The third kappa shape index (κ3) is 3.91. The van der Waals surface area contributed by atoms with Crippen LogP contribution in [0.25, 0.3) is 0 Å². The molecule has 25 heavy (non-hydrogen) atoms. The van der Waals surface area contributed by atoms with Gasteiger partial charge in [0, 0.05) is 30.2 Å². The van der Waals surface area contributed by atoms with Crippen LogP contribution in [0.3, 0.4) is 0 Å². The molecule has 3 aromatic carbocycles. The third-order valence-electron chi connectivity index (χ3n) is 4.73. The fourth-order valence-corrected chi connectivity index (χ4v) is 3.60. The monoisotopic (exact) mass is 391 g/mol. The topological polar surface area (TPSA) is 3.01 Å². The van der Waals surface area contributed by atoms with Crippen molar-refractivity contribution < 1.29 is 17.0 Å².